The summed E-state index contributed by atoms with van der Waals surface area (Å²) < 4.78 is 13.1. The van der Waals surface area contributed by atoms with Crippen LogP contribution in [0.3, 0.4) is 0 Å². The smallest absolute Gasteiger partial charge is 0.195 e. The van der Waals surface area contributed by atoms with Crippen molar-refractivity contribution in [3.8, 4) is 0 Å². The Labute approximate surface area is 65.2 Å². The van der Waals surface area contributed by atoms with E-state index in [4.69, 9.17) is 16.7 Å². The van der Waals surface area contributed by atoms with Crippen molar-refractivity contribution in [2.24, 2.45) is 11.3 Å². The number of hydrogen-bond donors (Lipinski definition) is 1. The first-order chi connectivity index (χ1) is 4.35. The highest BCUT2D eigenvalue weighted by atomic mass is 35.5. The van der Waals surface area contributed by atoms with Crippen molar-refractivity contribution in [3.63, 3.8) is 0 Å². The third kappa shape index (κ3) is 0.665. The minimum Gasteiger partial charge on any atom is -0.393 e. The van der Waals surface area contributed by atoms with Crippen molar-refractivity contribution in [1.29, 1.82) is 0 Å². The first-order valence-electron chi connectivity index (χ1n) is 3.41. The Morgan fingerprint density at radius 2 is 2.00 bits per heavy atom. The monoisotopic (exact) mass is 166 g/mol. The third-order valence-electron chi connectivity index (χ3n) is 2.95. The molecule has 1 fully saturated rings. The lowest BCUT2D eigenvalue weighted by atomic mass is 10.0. The fourth-order valence-corrected chi connectivity index (χ4v) is 1.89. The summed E-state index contributed by atoms with van der Waals surface area (Å²) >= 11 is 5.47. The summed E-state index contributed by atoms with van der Waals surface area (Å²) in [4.78, 5) is 0. The van der Waals surface area contributed by atoms with Crippen LogP contribution in [-0.2, 0) is 0 Å². The van der Waals surface area contributed by atoms with Gasteiger partial charge in [0.15, 0.2) is 5.13 Å². The zero-order valence-corrected chi connectivity index (χ0v) is 7.11. The van der Waals surface area contributed by atoms with Crippen molar-refractivity contribution in [2.75, 3.05) is 0 Å². The molecule has 3 heteroatoms. The molecule has 0 unspecified atom stereocenters. The molecule has 0 saturated heterocycles. The van der Waals surface area contributed by atoms with E-state index in [-0.39, 0.29) is 5.92 Å². The maximum atomic E-state index is 13.1. The van der Waals surface area contributed by atoms with Crippen molar-refractivity contribution in [1.82, 2.24) is 0 Å². The van der Waals surface area contributed by atoms with Gasteiger partial charge < -0.3 is 5.11 Å². The average Bonchev–Trinajstić information content (AvgIpc) is 2.16. The lowest BCUT2D eigenvalue weighted by molar-refractivity contribution is 0.0932. The third-order valence-corrected chi connectivity index (χ3v) is 3.68. The molecule has 0 aromatic carbocycles. The Balaban J connectivity index is 2.78. The van der Waals surface area contributed by atoms with E-state index in [2.05, 4.69) is 0 Å². The lowest BCUT2D eigenvalue weighted by Gasteiger charge is -2.13. The predicted molar refractivity (Wildman–Crippen MR) is 38.6 cm³/mol. The fourth-order valence-electron chi connectivity index (χ4n) is 1.40. The number of rotatable bonds is 1. The Kier molecular flexibility index (Phi) is 1.54. The molecule has 60 valence electrons. The molecule has 1 aliphatic carbocycles. The second-order valence-electron chi connectivity index (χ2n) is 3.30. The van der Waals surface area contributed by atoms with Crippen molar-refractivity contribution in [2.45, 2.75) is 32.0 Å². The highest BCUT2D eigenvalue weighted by Gasteiger charge is 2.74. The van der Waals surface area contributed by atoms with Gasteiger partial charge in [0.1, 0.15) is 0 Å². The van der Waals surface area contributed by atoms with Gasteiger partial charge in [-0.25, -0.2) is 4.39 Å². The van der Waals surface area contributed by atoms with Crippen LogP contribution in [0.1, 0.15) is 20.8 Å². The second kappa shape index (κ2) is 1.86. The largest absolute Gasteiger partial charge is 0.393 e. The maximum Gasteiger partial charge on any atom is 0.195 e. The summed E-state index contributed by atoms with van der Waals surface area (Å²) in [6, 6.07) is 0. The van der Waals surface area contributed by atoms with Crippen LogP contribution in [0.2, 0.25) is 0 Å². The average molecular weight is 167 g/mol. The predicted octanol–water partition coefficient (Wildman–Crippen LogP) is 1.93. The summed E-state index contributed by atoms with van der Waals surface area (Å²) in [7, 11) is 0. The van der Waals surface area contributed by atoms with Gasteiger partial charge in [-0.05, 0) is 6.92 Å². The summed E-state index contributed by atoms with van der Waals surface area (Å²) in [6.07, 6.45) is -0.676. The molecule has 0 aromatic rings. The minimum atomic E-state index is -1.69. The van der Waals surface area contributed by atoms with Gasteiger partial charge in [0, 0.05) is 11.3 Å². The Morgan fingerprint density at radius 3 is 2.00 bits per heavy atom. The zero-order chi connectivity index (χ0) is 8.15. The van der Waals surface area contributed by atoms with Crippen LogP contribution in [0.5, 0.6) is 0 Å². The maximum absolute atomic E-state index is 13.1. The van der Waals surface area contributed by atoms with Gasteiger partial charge >= 0.3 is 0 Å². The van der Waals surface area contributed by atoms with E-state index in [1.807, 2.05) is 0 Å². The molecular weight excluding hydrogens is 155 g/mol. The summed E-state index contributed by atoms with van der Waals surface area (Å²) in [5, 5.41) is 7.44. The second-order valence-corrected chi connectivity index (χ2v) is 3.85. The normalized spacial score (nSPS) is 56.4. The van der Waals surface area contributed by atoms with E-state index in [0.717, 1.165) is 0 Å². The molecule has 1 aliphatic rings. The van der Waals surface area contributed by atoms with Gasteiger partial charge in [0.25, 0.3) is 0 Å². The molecular formula is C7H12ClFO. The molecule has 1 N–H and O–H groups in total. The van der Waals surface area contributed by atoms with Crippen molar-refractivity contribution >= 4 is 11.6 Å². The van der Waals surface area contributed by atoms with Gasteiger partial charge in [-0.2, -0.15) is 0 Å². The van der Waals surface area contributed by atoms with E-state index in [0.29, 0.717) is 0 Å². The van der Waals surface area contributed by atoms with Gasteiger partial charge in [0.05, 0.1) is 6.10 Å². The highest BCUT2D eigenvalue weighted by molar-refractivity contribution is 6.26. The lowest BCUT2D eigenvalue weighted by Crippen LogP contribution is -2.20. The first-order valence-corrected chi connectivity index (χ1v) is 3.78. The van der Waals surface area contributed by atoms with E-state index < -0.39 is 16.6 Å². The SMILES string of the molecule is C[C@@H]1[C@@](C)([C@@H](C)O)[C@]1(F)Cl. The van der Waals surface area contributed by atoms with Crippen LogP contribution in [0.15, 0.2) is 0 Å². The van der Waals surface area contributed by atoms with Crippen LogP contribution in [0.4, 0.5) is 4.39 Å². The van der Waals surface area contributed by atoms with Gasteiger partial charge in [0.2, 0.25) is 0 Å². The Hall–Kier alpha value is 0.180. The minimum absolute atomic E-state index is 0.248. The van der Waals surface area contributed by atoms with E-state index in [1.54, 1.807) is 20.8 Å². The Bertz CT molecular complexity index is 158. The number of hydrogen-bond acceptors (Lipinski definition) is 1. The summed E-state index contributed by atoms with van der Waals surface area (Å²) in [5.41, 5.74) is -0.742. The van der Waals surface area contributed by atoms with E-state index in [1.165, 1.54) is 0 Å². The molecule has 0 aliphatic heterocycles. The molecule has 4 atom stereocenters. The molecule has 0 radical (unpaired) electrons. The molecule has 0 amide bonds. The van der Waals surface area contributed by atoms with Gasteiger partial charge in [-0.3, -0.25) is 0 Å². The number of aliphatic hydroxyl groups is 1. The van der Waals surface area contributed by atoms with Gasteiger partial charge in [-0.15, -0.1) is 0 Å². The van der Waals surface area contributed by atoms with Crippen LogP contribution < -0.4 is 0 Å². The molecule has 0 aromatic heterocycles. The quantitative estimate of drug-likeness (QED) is 0.591. The number of aliphatic hydroxyl groups excluding tert-OH is 1. The van der Waals surface area contributed by atoms with Crippen molar-refractivity contribution < 1.29 is 9.50 Å². The molecule has 10 heavy (non-hydrogen) atoms. The molecule has 0 bridgehead atoms. The summed E-state index contributed by atoms with van der Waals surface area (Å²) in [6.45, 7) is 4.94. The fraction of sp³-hybridized carbons (Fsp3) is 1.00. The number of halogens is 2. The van der Waals surface area contributed by atoms with Gasteiger partial charge in [-0.1, -0.05) is 25.4 Å². The van der Waals surface area contributed by atoms with Crippen LogP contribution in [-0.4, -0.2) is 16.3 Å². The molecule has 0 spiro atoms. The van der Waals surface area contributed by atoms with Crippen LogP contribution in [0.25, 0.3) is 0 Å². The molecule has 1 rings (SSSR count). The number of alkyl halides is 2. The zero-order valence-electron chi connectivity index (χ0n) is 6.36. The van der Waals surface area contributed by atoms with Crippen LogP contribution >= 0.6 is 11.6 Å². The van der Waals surface area contributed by atoms with E-state index in [9.17, 15) is 4.39 Å². The topological polar surface area (TPSA) is 20.2 Å². The summed E-state index contributed by atoms with van der Waals surface area (Å²) in [5.74, 6) is -0.248. The van der Waals surface area contributed by atoms with Crippen LogP contribution in [0, 0.1) is 11.3 Å². The highest BCUT2D eigenvalue weighted by Crippen LogP contribution is 2.68. The standard InChI is InChI=1S/C7H12ClFO/c1-4-6(3,5(2)10)7(4,8)9/h4-5,10H,1-3H3/t4-,5-,6+,7+/m1/s1. The molecule has 1 nitrogen and oxygen atoms in total. The van der Waals surface area contributed by atoms with E-state index >= 15 is 0 Å². The Morgan fingerprint density at radius 1 is 1.70 bits per heavy atom. The molecule has 0 heterocycles. The van der Waals surface area contributed by atoms with Crippen molar-refractivity contribution in [3.05, 3.63) is 0 Å². The molecule has 1 saturated carbocycles. The first kappa shape index (κ1) is 8.28.